The van der Waals surface area contributed by atoms with Gasteiger partial charge in [-0.2, -0.15) is 0 Å². The van der Waals surface area contributed by atoms with Crippen LogP contribution in [-0.4, -0.2) is 30.8 Å². The molecule has 0 bridgehead atoms. The van der Waals surface area contributed by atoms with Crippen molar-refractivity contribution in [3.8, 4) is 5.75 Å². The summed E-state index contributed by atoms with van der Waals surface area (Å²) >= 11 is 0. The van der Waals surface area contributed by atoms with Gasteiger partial charge in [0.1, 0.15) is 5.75 Å². The standard InChI is InChI=1S/C15H23NO3/c1-11-4-5-14(13(3)8-11)19-10-15(18)16-9-12(2)6-7-17/h4-5,8,12,17H,6-7,9-10H2,1-3H3,(H,16,18). The van der Waals surface area contributed by atoms with E-state index in [0.717, 1.165) is 11.3 Å². The zero-order valence-corrected chi connectivity index (χ0v) is 11.9. The number of amides is 1. The van der Waals surface area contributed by atoms with Crippen LogP contribution in [-0.2, 0) is 4.79 Å². The number of nitrogens with one attached hydrogen (secondary N) is 1. The third-order valence-electron chi connectivity index (χ3n) is 2.96. The molecule has 1 amide bonds. The molecule has 0 saturated carbocycles. The van der Waals surface area contributed by atoms with Crippen LogP contribution in [0, 0.1) is 19.8 Å². The van der Waals surface area contributed by atoms with Crippen molar-refractivity contribution >= 4 is 5.91 Å². The molecule has 1 aromatic rings. The molecule has 2 N–H and O–H groups in total. The highest BCUT2D eigenvalue weighted by Crippen LogP contribution is 2.18. The van der Waals surface area contributed by atoms with E-state index in [9.17, 15) is 4.79 Å². The molecule has 1 rings (SSSR count). The van der Waals surface area contributed by atoms with Gasteiger partial charge in [-0.25, -0.2) is 0 Å². The Kier molecular flexibility index (Phi) is 6.36. The maximum atomic E-state index is 11.6. The fraction of sp³-hybridized carbons (Fsp3) is 0.533. The van der Waals surface area contributed by atoms with E-state index in [1.165, 1.54) is 5.56 Å². The van der Waals surface area contributed by atoms with Gasteiger partial charge in [0.05, 0.1) is 0 Å². The molecule has 1 atom stereocenters. The van der Waals surface area contributed by atoms with Gasteiger partial charge in [-0.1, -0.05) is 24.6 Å². The summed E-state index contributed by atoms with van der Waals surface area (Å²) in [5, 5.41) is 11.6. The van der Waals surface area contributed by atoms with Crippen molar-refractivity contribution < 1.29 is 14.6 Å². The Morgan fingerprint density at radius 3 is 2.79 bits per heavy atom. The van der Waals surface area contributed by atoms with Crippen LogP contribution < -0.4 is 10.1 Å². The third kappa shape index (κ3) is 5.75. The number of rotatable bonds is 7. The number of aliphatic hydroxyl groups is 1. The smallest absolute Gasteiger partial charge is 0.257 e. The first-order valence-corrected chi connectivity index (χ1v) is 6.60. The Bertz CT molecular complexity index is 418. The van der Waals surface area contributed by atoms with E-state index in [4.69, 9.17) is 9.84 Å². The number of carbonyl (C=O) groups excluding carboxylic acids is 1. The summed E-state index contributed by atoms with van der Waals surface area (Å²) in [6.07, 6.45) is 0.693. The fourth-order valence-corrected chi connectivity index (χ4v) is 1.77. The predicted molar refractivity (Wildman–Crippen MR) is 75.3 cm³/mol. The van der Waals surface area contributed by atoms with Gasteiger partial charge in [0.2, 0.25) is 0 Å². The minimum Gasteiger partial charge on any atom is -0.484 e. The normalized spacial score (nSPS) is 12.0. The van der Waals surface area contributed by atoms with Gasteiger partial charge in [0.15, 0.2) is 6.61 Å². The first-order chi connectivity index (χ1) is 9.02. The van der Waals surface area contributed by atoms with E-state index >= 15 is 0 Å². The number of ether oxygens (including phenoxy) is 1. The predicted octanol–water partition coefficient (Wildman–Crippen LogP) is 1.82. The molecular formula is C15H23NO3. The highest BCUT2D eigenvalue weighted by atomic mass is 16.5. The van der Waals surface area contributed by atoms with Crippen LogP contribution in [0.3, 0.4) is 0 Å². The molecular weight excluding hydrogens is 242 g/mol. The Morgan fingerprint density at radius 1 is 1.42 bits per heavy atom. The lowest BCUT2D eigenvalue weighted by Crippen LogP contribution is -2.32. The molecule has 0 spiro atoms. The van der Waals surface area contributed by atoms with Gasteiger partial charge < -0.3 is 15.2 Å². The Morgan fingerprint density at radius 2 is 2.16 bits per heavy atom. The Hall–Kier alpha value is -1.55. The fourth-order valence-electron chi connectivity index (χ4n) is 1.77. The number of aryl methyl sites for hydroxylation is 2. The Labute approximate surface area is 114 Å². The first-order valence-electron chi connectivity index (χ1n) is 6.60. The van der Waals surface area contributed by atoms with E-state index in [-0.39, 0.29) is 25.0 Å². The zero-order chi connectivity index (χ0) is 14.3. The third-order valence-corrected chi connectivity index (χ3v) is 2.96. The second-order valence-electron chi connectivity index (χ2n) is 4.98. The van der Waals surface area contributed by atoms with Crippen molar-refractivity contribution in [1.29, 1.82) is 0 Å². The summed E-state index contributed by atoms with van der Waals surface area (Å²) in [7, 11) is 0. The molecule has 4 nitrogen and oxygen atoms in total. The number of aliphatic hydroxyl groups excluding tert-OH is 1. The maximum Gasteiger partial charge on any atom is 0.257 e. The summed E-state index contributed by atoms with van der Waals surface area (Å²) in [5.74, 6) is 0.879. The number of carbonyl (C=O) groups is 1. The van der Waals surface area contributed by atoms with E-state index in [1.54, 1.807) is 0 Å². The van der Waals surface area contributed by atoms with Crippen molar-refractivity contribution in [3.63, 3.8) is 0 Å². The summed E-state index contributed by atoms with van der Waals surface area (Å²) in [6.45, 7) is 6.71. The van der Waals surface area contributed by atoms with Gasteiger partial charge in [0, 0.05) is 13.2 Å². The Balaban J connectivity index is 2.33. The molecule has 0 aromatic heterocycles. The molecule has 0 aliphatic rings. The van der Waals surface area contributed by atoms with Crippen LogP contribution in [0.15, 0.2) is 18.2 Å². The van der Waals surface area contributed by atoms with Gasteiger partial charge in [-0.3, -0.25) is 4.79 Å². The molecule has 0 heterocycles. The average molecular weight is 265 g/mol. The minimum atomic E-state index is -0.134. The van der Waals surface area contributed by atoms with Crippen molar-refractivity contribution in [1.82, 2.24) is 5.32 Å². The van der Waals surface area contributed by atoms with Crippen LogP contribution in [0.4, 0.5) is 0 Å². The molecule has 0 saturated heterocycles. The van der Waals surface area contributed by atoms with Gasteiger partial charge in [-0.05, 0) is 37.8 Å². The van der Waals surface area contributed by atoms with Crippen molar-refractivity contribution in [2.75, 3.05) is 19.8 Å². The highest BCUT2D eigenvalue weighted by Gasteiger charge is 2.07. The molecule has 1 aromatic carbocycles. The van der Waals surface area contributed by atoms with Crippen LogP contribution in [0.5, 0.6) is 5.75 Å². The molecule has 0 radical (unpaired) electrons. The summed E-state index contributed by atoms with van der Waals surface area (Å²) < 4.78 is 5.48. The number of hydrogen-bond donors (Lipinski definition) is 2. The van der Waals surface area contributed by atoms with Crippen LogP contribution in [0.1, 0.15) is 24.5 Å². The summed E-state index contributed by atoms with van der Waals surface area (Å²) in [6, 6.07) is 5.87. The maximum absolute atomic E-state index is 11.6. The number of benzene rings is 1. The first kappa shape index (κ1) is 15.5. The molecule has 0 aliphatic heterocycles. The highest BCUT2D eigenvalue weighted by molar-refractivity contribution is 5.77. The second-order valence-corrected chi connectivity index (χ2v) is 4.98. The van der Waals surface area contributed by atoms with Crippen LogP contribution in [0.25, 0.3) is 0 Å². The topological polar surface area (TPSA) is 58.6 Å². The SMILES string of the molecule is Cc1ccc(OCC(=O)NCC(C)CCO)c(C)c1. The lowest BCUT2D eigenvalue weighted by atomic mass is 10.1. The lowest BCUT2D eigenvalue weighted by molar-refractivity contribution is -0.123. The van der Waals surface area contributed by atoms with Crippen LogP contribution >= 0.6 is 0 Å². The van der Waals surface area contributed by atoms with Gasteiger partial charge >= 0.3 is 0 Å². The number of hydrogen-bond acceptors (Lipinski definition) is 3. The van der Waals surface area contributed by atoms with Gasteiger partial charge in [-0.15, -0.1) is 0 Å². The van der Waals surface area contributed by atoms with Gasteiger partial charge in [0.25, 0.3) is 5.91 Å². The molecule has 19 heavy (non-hydrogen) atoms. The molecule has 1 unspecified atom stereocenters. The molecule has 4 heteroatoms. The molecule has 0 fully saturated rings. The molecule has 106 valence electrons. The summed E-state index contributed by atoms with van der Waals surface area (Å²) in [5.41, 5.74) is 2.20. The van der Waals surface area contributed by atoms with E-state index in [2.05, 4.69) is 5.32 Å². The lowest BCUT2D eigenvalue weighted by Gasteiger charge is -2.12. The molecule has 0 aliphatic carbocycles. The van der Waals surface area contributed by atoms with Crippen molar-refractivity contribution in [2.24, 2.45) is 5.92 Å². The van der Waals surface area contributed by atoms with Crippen molar-refractivity contribution in [2.45, 2.75) is 27.2 Å². The summed E-state index contributed by atoms with van der Waals surface area (Å²) in [4.78, 5) is 11.6. The van der Waals surface area contributed by atoms with E-state index < -0.39 is 0 Å². The minimum absolute atomic E-state index is 0.0236. The average Bonchev–Trinajstić information content (AvgIpc) is 2.35. The monoisotopic (exact) mass is 265 g/mol. The quantitative estimate of drug-likeness (QED) is 0.790. The van der Waals surface area contributed by atoms with Crippen molar-refractivity contribution in [3.05, 3.63) is 29.3 Å². The van der Waals surface area contributed by atoms with E-state index in [0.29, 0.717) is 13.0 Å². The van der Waals surface area contributed by atoms with E-state index in [1.807, 2.05) is 39.0 Å². The largest absolute Gasteiger partial charge is 0.484 e. The zero-order valence-electron chi connectivity index (χ0n) is 11.9. The van der Waals surface area contributed by atoms with Crippen LogP contribution in [0.2, 0.25) is 0 Å². The second kappa shape index (κ2) is 7.79.